The SMILES string of the molecule is CCc1ccc(-c2ccc(=O)n(C(C)C)c2)cc1. The number of hydrogen-bond donors (Lipinski definition) is 0. The molecule has 2 nitrogen and oxygen atoms in total. The molecule has 2 rings (SSSR count). The van der Waals surface area contributed by atoms with E-state index >= 15 is 0 Å². The summed E-state index contributed by atoms with van der Waals surface area (Å²) in [6, 6.07) is 12.2. The number of aryl methyl sites for hydroxylation is 1. The molecular formula is C16H19NO. The zero-order chi connectivity index (χ0) is 13.1. The number of benzene rings is 1. The molecular weight excluding hydrogens is 222 g/mol. The van der Waals surface area contributed by atoms with Crippen LogP contribution in [0, 0.1) is 0 Å². The van der Waals surface area contributed by atoms with Crippen molar-refractivity contribution >= 4 is 0 Å². The van der Waals surface area contributed by atoms with Gasteiger partial charge in [0.15, 0.2) is 0 Å². The van der Waals surface area contributed by atoms with E-state index in [1.54, 1.807) is 10.6 Å². The molecule has 0 aliphatic heterocycles. The van der Waals surface area contributed by atoms with E-state index in [0.717, 1.165) is 17.5 Å². The standard InChI is InChI=1S/C16H19NO/c1-4-13-5-7-14(8-6-13)15-9-10-16(18)17(11-15)12(2)3/h5-12H,4H2,1-3H3. The van der Waals surface area contributed by atoms with E-state index in [0.29, 0.717) is 0 Å². The molecule has 2 aromatic rings. The predicted molar refractivity (Wildman–Crippen MR) is 75.9 cm³/mol. The number of hydrogen-bond acceptors (Lipinski definition) is 1. The second kappa shape index (κ2) is 5.21. The van der Waals surface area contributed by atoms with Crippen molar-refractivity contribution in [3.8, 4) is 11.1 Å². The third-order valence-corrected chi connectivity index (χ3v) is 3.19. The first-order chi connectivity index (χ1) is 8.61. The first-order valence-corrected chi connectivity index (χ1v) is 6.43. The van der Waals surface area contributed by atoms with E-state index in [1.807, 2.05) is 26.1 Å². The molecule has 94 valence electrons. The summed E-state index contributed by atoms with van der Waals surface area (Å²) in [5, 5.41) is 0. The molecule has 0 saturated carbocycles. The smallest absolute Gasteiger partial charge is 0.250 e. The quantitative estimate of drug-likeness (QED) is 0.803. The lowest BCUT2D eigenvalue weighted by atomic mass is 10.0. The van der Waals surface area contributed by atoms with Gasteiger partial charge in [0, 0.05) is 18.3 Å². The lowest BCUT2D eigenvalue weighted by molar-refractivity contribution is 0.579. The maximum absolute atomic E-state index is 11.7. The van der Waals surface area contributed by atoms with E-state index in [1.165, 1.54) is 5.56 Å². The van der Waals surface area contributed by atoms with Crippen LogP contribution in [0.1, 0.15) is 32.4 Å². The van der Waals surface area contributed by atoms with Crippen LogP contribution in [-0.2, 0) is 6.42 Å². The Kier molecular flexibility index (Phi) is 3.66. The molecule has 0 fully saturated rings. The number of rotatable bonds is 3. The Labute approximate surface area is 108 Å². The normalized spacial score (nSPS) is 10.9. The molecule has 0 bridgehead atoms. The highest BCUT2D eigenvalue weighted by molar-refractivity contribution is 5.62. The van der Waals surface area contributed by atoms with Gasteiger partial charge < -0.3 is 4.57 Å². The summed E-state index contributed by atoms with van der Waals surface area (Å²) in [5.41, 5.74) is 3.63. The lowest BCUT2D eigenvalue weighted by Gasteiger charge is -2.11. The summed E-state index contributed by atoms with van der Waals surface area (Å²) in [4.78, 5) is 11.7. The van der Waals surface area contributed by atoms with Crippen LogP contribution in [0.3, 0.4) is 0 Å². The molecule has 0 saturated heterocycles. The topological polar surface area (TPSA) is 22.0 Å². The van der Waals surface area contributed by atoms with Gasteiger partial charge in [-0.05, 0) is 43.0 Å². The first kappa shape index (κ1) is 12.6. The molecule has 0 aliphatic carbocycles. The Balaban J connectivity index is 2.44. The summed E-state index contributed by atoms with van der Waals surface area (Å²) < 4.78 is 1.77. The Hall–Kier alpha value is -1.83. The van der Waals surface area contributed by atoms with Gasteiger partial charge in [-0.2, -0.15) is 0 Å². The van der Waals surface area contributed by atoms with Crippen molar-refractivity contribution in [3.63, 3.8) is 0 Å². The van der Waals surface area contributed by atoms with Crippen LogP contribution in [0.4, 0.5) is 0 Å². The minimum absolute atomic E-state index is 0.0546. The van der Waals surface area contributed by atoms with Crippen molar-refractivity contribution in [2.24, 2.45) is 0 Å². The predicted octanol–water partition coefficient (Wildman–Crippen LogP) is 3.66. The molecule has 1 aromatic carbocycles. The Morgan fingerprint density at radius 1 is 1.00 bits per heavy atom. The third kappa shape index (κ3) is 2.53. The molecule has 0 atom stereocenters. The van der Waals surface area contributed by atoms with Crippen molar-refractivity contribution in [1.29, 1.82) is 0 Å². The second-order valence-electron chi connectivity index (χ2n) is 4.81. The van der Waals surface area contributed by atoms with Crippen LogP contribution < -0.4 is 5.56 Å². The van der Waals surface area contributed by atoms with Crippen LogP contribution in [0.25, 0.3) is 11.1 Å². The fraction of sp³-hybridized carbons (Fsp3) is 0.312. The lowest BCUT2D eigenvalue weighted by Crippen LogP contribution is -2.20. The van der Waals surface area contributed by atoms with Crippen LogP contribution in [-0.4, -0.2) is 4.57 Å². The number of aromatic nitrogens is 1. The van der Waals surface area contributed by atoms with Crippen molar-refractivity contribution < 1.29 is 0 Å². The van der Waals surface area contributed by atoms with E-state index in [2.05, 4.69) is 31.2 Å². The largest absolute Gasteiger partial charge is 0.312 e. The molecule has 1 heterocycles. The van der Waals surface area contributed by atoms with E-state index in [9.17, 15) is 4.79 Å². The first-order valence-electron chi connectivity index (χ1n) is 6.43. The van der Waals surface area contributed by atoms with Crippen molar-refractivity contribution in [2.45, 2.75) is 33.2 Å². The maximum Gasteiger partial charge on any atom is 0.250 e. The molecule has 0 aliphatic rings. The molecule has 0 amide bonds. The molecule has 0 spiro atoms. The number of pyridine rings is 1. The van der Waals surface area contributed by atoms with Crippen LogP contribution in [0.5, 0.6) is 0 Å². The molecule has 2 heteroatoms. The highest BCUT2D eigenvalue weighted by Crippen LogP contribution is 2.19. The summed E-state index contributed by atoms with van der Waals surface area (Å²) >= 11 is 0. The molecule has 18 heavy (non-hydrogen) atoms. The van der Waals surface area contributed by atoms with Gasteiger partial charge in [-0.1, -0.05) is 31.2 Å². The highest BCUT2D eigenvalue weighted by atomic mass is 16.1. The second-order valence-corrected chi connectivity index (χ2v) is 4.81. The Morgan fingerprint density at radius 3 is 2.17 bits per heavy atom. The summed E-state index contributed by atoms with van der Waals surface area (Å²) in [6.45, 7) is 6.19. The van der Waals surface area contributed by atoms with Gasteiger partial charge >= 0.3 is 0 Å². The third-order valence-electron chi connectivity index (χ3n) is 3.19. The zero-order valence-electron chi connectivity index (χ0n) is 11.2. The van der Waals surface area contributed by atoms with E-state index in [-0.39, 0.29) is 11.6 Å². The fourth-order valence-corrected chi connectivity index (χ4v) is 2.01. The summed E-state index contributed by atoms with van der Waals surface area (Å²) in [6.07, 6.45) is 2.99. The molecule has 0 N–H and O–H groups in total. The average Bonchev–Trinajstić information content (AvgIpc) is 2.39. The van der Waals surface area contributed by atoms with Crippen LogP contribution in [0.2, 0.25) is 0 Å². The Bertz CT molecular complexity index is 579. The zero-order valence-corrected chi connectivity index (χ0v) is 11.2. The fourth-order valence-electron chi connectivity index (χ4n) is 2.01. The molecule has 0 radical (unpaired) electrons. The van der Waals surface area contributed by atoms with Crippen LogP contribution >= 0.6 is 0 Å². The monoisotopic (exact) mass is 241 g/mol. The maximum atomic E-state index is 11.7. The number of nitrogens with zero attached hydrogens (tertiary/aromatic N) is 1. The van der Waals surface area contributed by atoms with Crippen molar-refractivity contribution in [3.05, 3.63) is 58.5 Å². The van der Waals surface area contributed by atoms with Crippen molar-refractivity contribution in [2.75, 3.05) is 0 Å². The highest BCUT2D eigenvalue weighted by Gasteiger charge is 2.04. The van der Waals surface area contributed by atoms with Crippen LogP contribution in [0.15, 0.2) is 47.4 Å². The van der Waals surface area contributed by atoms with Gasteiger partial charge in [-0.25, -0.2) is 0 Å². The Morgan fingerprint density at radius 2 is 1.61 bits per heavy atom. The summed E-state index contributed by atoms with van der Waals surface area (Å²) in [5.74, 6) is 0. The average molecular weight is 241 g/mol. The molecule has 0 unspecified atom stereocenters. The van der Waals surface area contributed by atoms with Gasteiger partial charge in [0.2, 0.25) is 0 Å². The van der Waals surface area contributed by atoms with Crippen molar-refractivity contribution in [1.82, 2.24) is 4.57 Å². The van der Waals surface area contributed by atoms with Gasteiger partial charge in [-0.15, -0.1) is 0 Å². The van der Waals surface area contributed by atoms with Gasteiger partial charge in [0.1, 0.15) is 0 Å². The van der Waals surface area contributed by atoms with E-state index in [4.69, 9.17) is 0 Å². The van der Waals surface area contributed by atoms with Gasteiger partial charge in [0.05, 0.1) is 0 Å². The summed E-state index contributed by atoms with van der Waals surface area (Å²) in [7, 11) is 0. The van der Waals surface area contributed by atoms with Gasteiger partial charge in [-0.3, -0.25) is 4.79 Å². The minimum atomic E-state index is 0.0546. The minimum Gasteiger partial charge on any atom is -0.312 e. The molecule has 1 aromatic heterocycles. The van der Waals surface area contributed by atoms with E-state index < -0.39 is 0 Å². The van der Waals surface area contributed by atoms with Gasteiger partial charge in [0.25, 0.3) is 5.56 Å².